The number of para-hydroxylation sites is 1. The molecule has 4 nitrogen and oxygen atoms in total. The molecule has 1 atom stereocenters. The van der Waals surface area contributed by atoms with Crippen molar-refractivity contribution in [2.24, 2.45) is 0 Å². The molecule has 0 radical (unpaired) electrons. The number of hydrogen-bond donors (Lipinski definition) is 1. The van der Waals surface area contributed by atoms with Crippen LogP contribution >= 0.6 is 11.6 Å². The van der Waals surface area contributed by atoms with E-state index in [1.54, 1.807) is 30.2 Å². The lowest BCUT2D eigenvalue weighted by molar-refractivity contribution is -0.0439. The number of anilines is 1. The molecule has 104 valence electrons. The molecule has 2 rings (SSSR count). The number of nitrogen functional groups attached to an aromatic ring is 1. The quantitative estimate of drug-likeness (QED) is 0.848. The molecule has 0 aliphatic carbocycles. The Bertz CT molecular complexity index is 492. The van der Waals surface area contributed by atoms with E-state index in [-0.39, 0.29) is 11.5 Å². The first-order valence-electron chi connectivity index (χ1n) is 6.35. The van der Waals surface area contributed by atoms with Crippen LogP contribution in [0.5, 0.6) is 0 Å². The van der Waals surface area contributed by atoms with Crippen LogP contribution in [0.2, 0.25) is 5.02 Å². The van der Waals surface area contributed by atoms with Gasteiger partial charge in [-0.1, -0.05) is 17.7 Å². The Kier molecular flexibility index (Phi) is 4.02. The average Bonchev–Trinajstić information content (AvgIpc) is 2.41. The van der Waals surface area contributed by atoms with Crippen molar-refractivity contribution in [3.63, 3.8) is 0 Å². The lowest BCUT2D eigenvalue weighted by Gasteiger charge is -2.39. The fourth-order valence-electron chi connectivity index (χ4n) is 2.44. The van der Waals surface area contributed by atoms with Crippen LogP contribution in [0.4, 0.5) is 5.69 Å². The SMILES string of the molecule is COC1(C)CCCN(C(=O)c2cccc(Cl)c2N)C1. The molecule has 0 aromatic heterocycles. The van der Waals surface area contributed by atoms with Gasteiger partial charge in [-0.15, -0.1) is 0 Å². The molecule has 5 heteroatoms. The maximum atomic E-state index is 12.5. The zero-order valence-electron chi connectivity index (χ0n) is 11.3. The Labute approximate surface area is 118 Å². The van der Waals surface area contributed by atoms with Gasteiger partial charge in [-0.25, -0.2) is 0 Å². The van der Waals surface area contributed by atoms with Crippen molar-refractivity contribution in [1.82, 2.24) is 4.90 Å². The van der Waals surface area contributed by atoms with E-state index in [2.05, 4.69) is 0 Å². The summed E-state index contributed by atoms with van der Waals surface area (Å²) in [7, 11) is 1.68. The second kappa shape index (κ2) is 5.39. The third-order valence-electron chi connectivity index (χ3n) is 3.72. The van der Waals surface area contributed by atoms with Crippen molar-refractivity contribution in [2.45, 2.75) is 25.4 Å². The number of halogens is 1. The summed E-state index contributed by atoms with van der Waals surface area (Å²) in [5.41, 5.74) is 6.41. The molecule has 1 amide bonds. The molecule has 1 aliphatic rings. The lowest BCUT2D eigenvalue weighted by atomic mass is 9.94. The minimum atomic E-state index is -0.277. The number of methoxy groups -OCH3 is 1. The van der Waals surface area contributed by atoms with Crippen LogP contribution in [0, 0.1) is 0 Å². The predicted octanol–water partition coefficient (Wildman–Crippen LogP) is 2.56. The molecule has 1 saturated heterocycles. The van der Waals surface area contributed by atoms with Gasteiger partial charge in [0.15, 0.2) is 0 Å². The van der Waals surface area contributed by atoms with E-state index in [9.17, 15) is 4.79 Å². The van der Waals surface area contributed by atoms with E-state index < -0.39 is 0 Å². The Morgan fingerprint density at radius 3 is 2.95 bits per heavy atom. The van der Waals surface area contributed by atoms with Crippen LogP contribution in [-0.2, 0) is 4.74 Å². The normalized spacial score (nSPS) is 23.4. The summed E-state index contributed by atoms with van der Waals surface area (Å²) in [6.07, 6.45) is 1.88. The Balaban J connectivity index is 2.22. The molecule has 1 heterocycles. The number of piperidine rings is 1. The molecule has 1 aliphatic heterocycles. The van der Waals surface area contributed by atoms with Gasteiger partial charge in [0.05, 0.1) is 21.9 Å². The minimum Gasteiger partial charge on any atom is -0.397 e. The molecule has 1 aromatic carbocycles. The van der Waals surface area contributed by atoms with E-state index in [1.165, 1.54) is 0 Å². The van der Waals surface area contributed by atoms with Gasteiger partial charge < -0.3 is 15.4 Å². The van der Waals surface area contributed by atoms with Gasteiger partial charge in [0.2, 0.25) is 0 Å². The highest BCUT2D eigenvalue weighted by atomic mass is 35.5. The van der Waals surface area contributed by atoms with Gasteiger partial charge >= 0.3 is 0 Å². The van der Waals surface area contributed by atoms with Crippen molar-refractivity contribution in [1.29, 1.82) is 0 Å². The number of rotatable bonds is 2. The summed E-state index contributed by atoms with van der Waals surface area (Å²) in [5.74, 6) is -0.0806. The third-order valence-corrected chi connectivity index (χ3v) is 4.05. The van der Waals surface area contributed by atoms with Crippen LogP contribution in [0.3, 0.4) is 0 Å². The first-order valence-corrected chi connectivity index (χ1v) is 6.73. The maximum Gasteiger partial charge on any atom is 0.256 e. The number of likely N-dealkylation sites (tertiary alicyclic amines) is 1. The highest BCUT2D eigenvalue weighted by Crippen LogP contribution is 2.28. The van der Waals surface area contributed by atoms with E-state index >= 15 is 0 Å². The van der Waals surface area contributed by atoms with Gasteiger partial charge in [0.1, 0.15) is 0 Å². The molecule has 0 saturated carbocycles. The standard InChI is InChI=1S/C14H19ClN2O2/c1-14(19-2)7-4-8-17(9-14)13(18)10-5-3-6-11(15)12(10)16/h3,5-6H,4,7-9,16H2,1-2H3. The van der Waals surface area contributed by atoms with Crippen molar-refractivity contribution in [3.05, 3.63) is 28.8 Å². The molecule has 19 heavy (non-hydrogen) atoms. The number of benzene rings is 1. The highest BCUT2D eigenvalue weighted by Gasteiger charge is 2.33. The summed E-state index contributed by atoms with van der Waals surface area (Å²) in [6, 6.07) is 5.14. The number of nitrogens with zero attached hydrogens (tertiary/aromatic N) is 1. The first kappa shape index (κ1) is 14.2. The summed E-state index contributed by atoms with van der Waals surface area (Å²) in [4.78, 5) is 14.3. The van der Waals surface area contributed by atoms with Crippen molar-refractivity contribution in [2.75, 3.05) is 25.9 Å². The van der Waals surface area contributed by atoms with Crippen molar-refractivity contribution >= 4 is 23.2 Å². The van der Waals surface area contributed by atoms with Gasteiger partial charge in [0.25, 0.3) is 5.91 Å². The Morgan fingerprint density at radius 1 is 1.53 bits per heavy atom. The molecule has 1 fully saturated rings. The van der Waals surface area contributed by atoms with E-state index in [1.807, 2.05) is 6.92 Å². The summed E-state index contributed by atoms with van der Waals surface area (Å²) in [5, 5.41) is 0.414. The van der Waals surface area contributed by atoms with Gasteiger partial charge in [-0.05, 0) is 31.9 Å². The summed E-state index contributed by atoms with van der Waals surface area (Å²) in [6.45, 7) is 3.33. The van der Waals surface area contributed by atoms with Crippen molar-refractivity contribution in [3.8, 4) is 0 Å². The maximum absolute atomic E-state index is 12.5. The highest BCUT2D eigenvalue weighted by molar-refractivity contribution is 6.33. The molecule has 1 aromatic rings. The zero-order valence-corrected chi connectivity index (χ0v) is 12.0. The van der Waals surface area contributed by atoms with Gasteiger partial charge in [0, 0.05) is 20.2 Å². The number of nitrogens with two attached hydrogens (primary N) is 1. The molecule has 0 spiro atoms. The van der Waals surface area contributed by atoms with Crippen LogP contribution < -0.4 is 5.73 Å². The van der Waals surface area contributed by atoms with E-state index in [4.69, 9.17) is 22.1 Å². The summed E-state index contributed by atoms with van der Waals surface area (Å²) < 4.78 is 5.50. The monoisotopic (exact) mass is 282 g/mol. The van der Waals surface area contributed by atoms with Crippen LogP contribution in [0.25, 0.3) is 0 Å². The number of carbonyl (C=O) groups is 1. The number of carbonyl (C=O) groups excluding carboxylic acids is 1. The number of amides is 1. The Morgan fingerprint density at radius 2 is 2.26 bits per heavy atom. The number of hydrogen-bond acceptors (Lipinski definition) is 3. The van der Waals surface area contributed by atoms with E-state index in [0.717, 1.165) is 19.4 Å². The van der Waals surface area contributed by atoms with Gasteiger partial charge in [-0.2, -0.15) is 0 Å². The molecule has 2 N–H and O–H groups in total. The zero-order chi connectivity index (χ0) is 14.0. The lowest BCUT2D eigenvalue weighted by Crippen LogP contribution is -2.49. The predicted molar refractivity (Wildman–Crippen MR) is 76.4 cm³/mol. The summed E-state index contributed by atoms with van der Waals surface area (Å²) >= 11 is 5.96. The van der Waals surface area contributed by atoms with Crippen LogP contribution in [-0.4, -0.2) is 36.6 Å². The Hall–Kier alpha value is -1.26. The van der Waals surface area contributed by atoms with Crippen LogP contribution in [0.15, 0.2) is 18.2 Å². The molecular formula is C14H19ClN2O2. The van der Waals surface area contributed by atoms with Crippen LogP contribution in [0.1, 0.15) is 30.1 Å². The smallest absolute Gasteiger partial charge is 0.256 e. The fourth-order valence-corrected chi connectivity index (χ4v) is 2.61. The minimum absolute atomic E-state index is 0.0806. The van der Waals surface area contributed by atoms with Gasteiger partial charge in [-0.3, -0.25) is 4.79 Å². The second-order valence-electron chi connectivity index (χ2n) is 5.19. The largest absolute Gasteiger partial charge is 0.397 e. The average molecular weight is 283 g/mol. The second-order valence-corrected chi connectivity index (χ2v) is 5.59. The third kappa shape index (κ3) is 2.85. The topological polar surface area (TPSA) is 55.6 Å². The van der Waals surface area contributed by atoms with Crippen molar-refractivity contribution < 1.29 is 9.53 Å². The molecule has 1 unspecified atom stereocenters. The molecule has 0 bridgehead atoms. The first-order chi connectivity index (χ1) is 8.97. The van der Waals surface area contributed by atoms with E-state index in [0.29, 0.717) is 22.8 Å². The fraction of sp³-hybridized carbons (Fsp3) is 0.500. The molecular weight excluding hydrogens is 264 g/mol. The number of ether oxygens (including phenoxy) is 1.